The molecule has 4 N–H and O–H groups in total. The van der Waals surface area contributed by atoms with E-state index in [9.17, 15) is 14.7 Å². The number of carbonyl (C=O) groups is 2. The number of carboxylic acid groups (broad SMARTS) is 1. The summed E-state index contributed by atoms with van der Waals surface area (Å²) in [5, 5.41) is 27.6. The van der Waals surface area contributed by atoms with Crippen molar-refractivity contribution in [3.8, 4) is 0 Å². The van der Waals surface area contributed by atoms with Crippen molar-refractivity contribution in [1.29, 1.82) is 0 Å². The number of aliphatic hydroxyl groups is 1. The molecule has 0 aromatic carbocycles. The first-order chi connectivity index (χ1) is 8.99. The van der Waals surface area contributed by atoms with E-state index in [4.69, 9.17) is 5.11 Å². The Morgan fingerprint density at radius 3 is 2.95 bits per heavy atom. The molecule has 8 heteroatoms. The zero-order valence-corrected chi connectivity index (χ0v) is 10.4. The van der Waals surface area contributed by atoms with Gasteiger partial charge in [-0.25, -0.2) is 9.59 Å². The van der Waals surface area contributed by atoms with E-state index in [-0.39, 0.29) is 19.0 Å². The second kappa shape index (κ2) is 5.27. The SMILES string of the molecule is CC(NC(=O)N1C[C@@H](O)C[C@H]1C(=O)O)c1cn[nH]c1. The van der Waals surface area contributed by atoms with Crippen LogP contribution in [0.15, 0.2) is 12.4 Å². The molecule has 0 spiro atoms. The van der Waals surface area contributed by atoms with Crippen LogP contribution < -0.4 is 5.32 Å². The Hall–Kier alpha value is -2.09. The first kappa shape index (κ1) is 13.3. The quantitative estimate of drug-likeness (QED) is 0.600. The average molecular weight is 268 g/mol. The third kappa shape index (κ3) is 2.84. The van der Waals surface area contributed by atoms with E-state index in [1.807, 2.05) is 0 Å². The largest absolute Gasteiger partial charge is 0.480 e. The number of rotatable bonds is 3. The van der Waals surface area contributed by atoms with Crippen LogP contribution in [0.1, 0.15) is 24.9 Å². The maximum atomic E-state index is 12.0. The number of hydrogen-bond donors (Lipinski definition) is 4. The molecular weight excluding hydrogens is 252 g/mol. The zero-order valence-electron chi connectivity index (χ0n) is 10.4. The Balaban J connectivity index is 2.01. The highest BCUT2D eigenvalue weighted by molar-refractivity contribution is 5.83. The number of aliphatic carboxylic acids is 1. The lowest BCUT2D eigenvalue weighted by atomic mass is 10.2. The van der Waals surface area contributed by atoms with Crippen molar-refractivity contribution in [2.24, 2.45) is 0 Å². The Bertz CT molecular complexity index is 461. The van der Waals surface area contributed by atoms with Crippen LogP contribution in [0, 0.1) is 0 Å². The van der Waals surface area contributed by atoms with Gasteiger partial charge in [0.25, 0.3) is 0 Å². The fourth-order valence-corrected chi connectivity index (χ4v) is 2.12. The van der Waals surface area contributed by atoms with E-state index in [0.717, 1.165) is 10.5 Å². The summed E-state index contributed by atoms with van der Waals surface area (Å²) < 4.78 is 0. The predicted molar refractivity (Wildman–Crippen MR) is 64.3 cm³/mol. The highest BCUT2D eigenvalue weighted by atomic mass is 16.4. The van der Waals surface area contributed by atoms with Crippen LogP contribution >= 0.6 is 0 Å². The fraction of sp³-hybridized carbons (Fsp3) is 0.545. The van der Waals surface area contributed by atoms with E-state index in [2.05, 4.69) is 15.5 Å². The van der Waals surface area contributed by atoms with Crippen LogP contribution in [0.25, 0.3) is 0 Å². The number of aromatic nitrogens is 2. The molecule has 1 aromatic rings. The van der Waals surface area contributed by atoms with Crippen molar-refractivity contribution < 1.29 is 19.8 Å². The Morgan fingerprint density at radius 1 is 1.63 bits per heavy atom. The summed E-state index contributed by atoms with van der Waals surface area (Å²) >= 11 is 0. The molecule has 1 aliphatic rings. The lowest BCUT2D eigenvalue weighted by Crippen LogP contribution is -2.46. The van der Waals surface area contributed by atoms with E-state index < -0.39 is 24.1 Å². The Labute approximate surface area is 109 Å². The number of carbonyl (C=O) groups excluding carboxylic acids is 1. The van der Waals surface area contributed by atoms with E-state index in [0.29, 0.717) is 0 Å². The van der Waals surface area contributed by atoms with Gasteiger partial charge in [-0.1, -0.05) is 0 Å². The van der Waals surface area contributed by atoms with Crippen LogP contribution in [0.3, 0.4) is 0 Å². The molecule has 2 heterocycles. The number of hydrogen-bond acceptors (Lipinski definition) is 4. The standard InChI is InChI=1S/C11H16N4O4/c1-6(7-3-12-13-4-7)14-11(19)15-5-8(16)2-9(15)10(17)18/h3-4,6,8-9,16H,2,5H2,1H3,(H,12,13)(H,14,19)(H,17,18)/t6?,8-,9-/m0/s1. The average Bonchev–Trinajstić information content (AvgIpc) is 2.96. The smallest absolute Gasteiger partial charge is 0.326 e. The third-order valence-electron chi connectivity index (χ3n) is 3.18. The molecule has 1 fully saturated rings. The molecule has 2 rings (SSSR count). The minimum Gasteiger partial charge on any atom is -0.480 e. The molecule has 3 atom stereocenters. The summed E-state index contributed by atoms with van der Waals surface area (Å²) in [6, 6.07) is -1.78. The number of nitrogens with one attached hydrogen (secondary N) is 2. The fourth-order valence-electron chi connectivity index (χ4n) is 2.12. The van der Waals surface area contributed by atoms with Gasteiger partial charge in [0.15, 0.2) is 0 Å². The van der Waals surface area contributed by atoms with Crippen molar-refractivity contribution in [3.63, 3.8) is 0 Å². The normalized spacial score (nSPS) is 24.2. The van der Waals surface area contributed by atoms with Gasteiger partial charge in [-0.2, -0.15) is 5.10 Å². The number of aliphatic hydroxyl groups excluding tert-OH is 1. The van der Waals surface area contributed by atoms with Crippen LogP contribution in [0.5, 0.6) is 0 Å². The minimum atomic E-state index is -1.11. The van der Waals surface area contributed by atoms with Gasteiger partial charge in [-0.3, -0.25) is 5.10 Å². The highest BCUT2D eigenvalue weighted by Gasteiger charge is 2.39. The summed E-state index contributed by atoms with van der Waals surface area (Å²) in [6.07, 6.45) is 2.50. The van der Waals surface area contributed by atoms with Crippen molar-refractivity contribution >= 4 is 12.0 Å². The summed E-state index contributed by atoms with van der Waals surface area (Å²) in [5.74, 6) is -1.11. The van der Waals surface area contributed by atoms with Crippen molar-refractivity contribution in [3.05, 3.63) is 18.0 Å². The molecule has 8 nitrogen and oxygen atoms in total. The number of H-pyrrole nitrogens is 1. The second-order valence-electron chi connectivity index (χ2n) is 4.60. The summed E-state index contributed by atoms with van der Waals surface area (Å²) in [7, 11) is 0. The van der Waals surface area contributed by atoms with Crippen LogP contribution in [0.4, 0.5) is 4.79 Å². The monoisotopic (exact) mass is 268 g/mol. The molecule has 104 valence electrons. The van der Waals surface area contributed by atoms with Crippen molar-refractivity contribution in [2.75, 3.05) is 6.54 Å². The molecule has 0 saturated carbocycles. The topological polar surface area (TPSA) is 119 Å². The molecular formula is C11H16N4O4. The number of likely N-dealkylation sites (tertiary alicyclic amines) is 1. The Morgan fingerprint density at radius 2 is 2.37 bits per heavy atom. The van der Waals surface area contributed by atoms with Gasteiger partial charge in [0.2, 0.25) is 0 Å². The van der Waals surface area contributed by atoms with Crippen LogP contribution in [0.2, 0.25) is 0 Å². The Kier molecular flexibility index (Phi) is 3.70. The lowest BCUT2D eigenvalue weighted by Gasteiger charge is -2.23. The number of amides is 2. The lowest BCUT2D eigenvalue weighted by molar-refractivity contribution is -0.141. The number of β-amino-alcohol motifs (C(OH)–C–C–N with tert-alkyl or cyclic N) is 1. The van der Waals surface area contributed by atoms with Crippen LogP contribution in [-0.4, -0.2) is 56.0 Å². The maximum absolute atomic E-state index is 12.0. The first-order valence-corrected chi connectivity index (χ1v) is 5.95. The summed E-state index contributed by atoms with van der Waals surface area (Å²) in [4.78, 5) is 24.2. The second-order valence-corrected chi connectivity index (χ2v) is 4.60. The molecule has 0 aliphatic carbocycles. The predicted octanol–water partition coefficient (Wildman–Crippen LogP) is -0.300. The first-order valence-electron chi connectivity index (χ1n) is 5.95. The van der Waals surface area contributed by atoms with Crippen molar-refractivity contribution in [1.82, 2.24) is 20.4 Å². The van der Waals surface area contributed by atoms with Crippen molar-refractivity contribution in [2.45, 2.75) is 31.5 Å². The number of carboxylic acids is 1. The molecule has 1 unspecified atom stereocenters. The number of nitrogens with zero attached hydrogens (tertiary/aromatic N) is 2. The molecule has 0 radical (unpaired) electrons. The summed E-state index contributed by atoms with van der Waals surface area (Å²) in [6.45, 7) is 1.80. The number of urea groups is 1. The van der Waals surface area contributed by atoms with Gasteiger partial charge in [-0.05, 0) is 6.92 Å². The number of aromatic amines is 1. The van der Waals surface area contributed by atoms with Gasteiger partial charge in [-0.15, -0.1) is 0 Å². The van der Waals surface area contributed by atoms with Gasteiger partial charge < -0.3 is 20.4 Å². The maximum Gasteiger partial charge on any atom is 0.326 e. The third-order valence-corrected chi connectivity index (χ3v) is 3.18. The van der Waals surface area contributed by atoms with E-state index in [1.165, 1.54) is 0 Å². The zero-order chi connectivity index (χ0) is 14.0. The minimum absolute atomic E-state index is 0.0287. The molecule has 0 bridgehead atoms. The van der Waals surface area contributed by atoms with Gasteiger partial charge in [0.05, 0.1) is 18.3 Å². The highest BCUT2D eigenvalue weighted by Crippen LogP contribution is 2.19. The van der Waals surface area contributed by atoms with E-state index >= 15 is 0 Å². The van der Waals surface area contributed by atoms with E-state index in [1.54, 1.807) is 19.3 Å². The molecule has 1 aromatic heterocycles. The molecule has 1 saturated heterocycles. The van der Waals surface area contributed by atoms with Gasteiger partial charge in [0, 0.05) is 24.7 Å². The molecule has 19 heavy (non-hydrogen) atoms. The molecule has 1 aliphatic heterocycles. The van der Waals surface area contributed by atoms with Gasteiger partial charge >= 0.3 is 12.0 Å². The molecule has 2 amide bonds. The summed E-state index contributed by atoms with van der Waals surface area (Å²) in [5.41, 5.74) is 0.792. The van der Waals surface area contributed by atoms with Gasteiger partial charge in [0.1, 0.15) is 6.04 Å². The van der Waals surface area contributed by atoms with Crippen LogP contribution in [-0.2, 0) is 4.79 Å².